The van der Waals surface area contributed by atoms with Crippen LogP contribution in [-0.2, 0) is 24.0 Å². The Bertz CT molecular complexity index is 232. The molecule has 0 bridgehead atoms. The van der Waals surface area contributed by atoms with Crippen LogP contribution in [0.2, 0.25) is 0 Å². The summed E-state index contributed by atoms with van der Waals surface area (Å²) in [4.78, 5) is 28.1. The van der Waals surface area contributed by atoms with Crippen molar-refractivity contribution in [3.05, 3.63) is 0 Å². The number of carbonyl (C=O) groups is 2. The molecule has 0 amide bonds. The molecule has 0 aromatic rings. The van der Waals surface area contributed by atoms with E-state index in [1.54, 1.807) is 13.8 Å². The molecule has 94 valence electrons. The van der Waals surface area contributed by atoms with E-state index in [1.807, 2.05) is 0 Å². The van der Waals surface area contributed by atoms with Gasteiger partial charge in [0.1, 0.15) is 0 Å². The summed E-state index contributed by atoms with van der Waals surface area (Å²) in [5, 5.41) is 8.05. The monoisotopic (exact) mass is 238 g/mol. The third-order valence-corrected chi connectivity index (χ3v) is 1.26. The van der Waals surface area contributed by atoms with Gasteiger partial charge in [-0.1, -0.05) is 0 Å². The van der Waals surface area contributed by atoms with Crippen LogP contribution in [-0.4, -0.2) is 36.6 Å². The van der Waals surface area contributed by atoms with Gasteiger partial charge in [0.05, 0.1) is 13.2 Å². The van der Waals surface area contributed by atoms with Crippen LogP contribution in [0.25, 0.3) is 0 Å². The van der Waals surface area contributed by atoms with Gasteiger partial charge in [-0.3, -0.25) is 0 Å². The summed E-state index contributed by atoms with van der Waals surface area (Å²) in [7, 11) is 0. The number of hydrogen-bond acceptors (Lipinski definition) is 7. The fourth-order valence-electron chi connectivity index (χ4n) is 0.863. The molecular weight excluding hydrogens is 224 g/mol. The van der Waals surface area contributed by atoms with Gasteiger partial charge in [-0.25, -0.2) is 9.68 Å². The minimum Gasteiger partial charge on any atom is -0.447 e. The van der Waals surface area contributed by atoms with Crippen molar-refractivity contribution in [2.45, 2.75) is 26.7 Å². The van der Waals surface area contributed by atoms with Crippen molar-refractivity contribution in [2.75, 3.05) is 13.2 Å². The normalized spacial score (nSPS) is 10.7. The average Bonchev–Trinajstić information content (AvgIpc) is 2.15. The molecule has 0 unspecified atom stereocenters. The van der Waals surface area contributed by atoms with Gasteiger partial charge in [0, 0.05) is 6.92 Å². The zero-order valence-electron chi connectivity index (χ0n) is 9.22. The maximum absolute atomic E-state index is 10.9. The molecule has 0 aliphatic carbocycles. The molecule has 0 radical (unpaired) electrons. The number of ether oxygens (including phenoxy) is 3. The van der Waals surface area contributed by atoms with Gasteiger partial charge < -0.3 is 19.3 Å². The molecule has 1 N–H and O–H groups in total. The first-order valence-electron chi connectivity index (χ1n) is 4.51. The Morgan fingerprint density at radius 2 is 1.62 bits per heavy atom. The third-order valence-electron chi connectivity index (χ3n) is 1.26. The largest absolute Gasteiger partial charge is 0.554 e. The SMILES string of the molecule is CCOC(C)(OCC)OC(=O)OOC(=O)O. The van der Waals surface area contributed by atoms with Crippen molar-refractivity contribution < 1.29 is 38.7 Å². The van der Waals surface area contributed by atoms with Crippen molar-refractivity contribution in [3.63, 3.8) is 0 Å². The summed E-state index contributed by atoms with van der Waals surface area (Å²) >= 11 is 0. The second-order valence-corrected chi connectivity index (χ2v) is 2.51. The van der Waals surface area contributed by atoms with E-state index < -0.39 is 18.3 Å². The lowest BCUT2D eigenvalue weighted by Gasteiger charge is -2.26. The van der Waals surface area contributed by atoms with E-state index in [2.05, 4.69) is 14.5 Å². The Labute approximate surface area is 91.9 Å². The Kier molecular flexibility index (Phi) is 6.19. The minimum absolute atomic E-state index is 0.226. The summed E-state index contributed by atoms with van der Waals surface area (Å²) in [5.74, 6) is -1.64. The van der Waals surface area contributed by atoms with E-state index in [4.69, 9.17) is 14.6 Å². The van der Waals surface area contributed by atoms with E-state index in [-0.39, 0.29) is 13.2 Å². The lowest BCUT2D eigenvalue weighted by atomic mass is 10.6. The second-order valence-electron chi connectivity index (χ2n) is 2.51. The molecule has 0 fully saturated rings. The second kappa shape index (κ2) is 6.85. The van der Waals surface area contributed by atoms with Gasteiger partial charge >= 0.3 is 18.3 Å². The molecule has 0 saturated heterocycles. The fraction of sp³-hybridized carbons (Fsp3) is 0.750. The van der Waals surface area contributed by atoms with E-state index in [9.17, 15) is 9.59 Å². The molecular formula is C8H14O8. The van der Waals surface area contributed by atoms with Gasteiger partial charge in [0.25, 0.3) is 0 Å². The van der Waals surface area contributed by atoms with Crippen molar-refractivity contribution in [1.82, 2.24) is 0 Å². The van der Waals surface area contributed by atoms with Gasteiger partial charge in [-0.15, -0.1) is 0 Å². The molecule has 0 rings (SSSR count). The molecule has 0 aromatic heterocycles. The molecule has 0 atom stereocenters. The van der Waals surface area contributed by atoms with Crippen molar-refractivity contribution in [1.29, 1.82) is 0 Å². The zero-order valence-corrected chi connectivity index (χ0v) is 9.22. The minimum atomic E-state index is -1.77. The molecule has 8 heteroatoms. The standard InChI is InChI=1S/C8H14O8/c1-4-12-8(3,13-5-2)14-7(11)16-15-6(9)10/h4-5H2,1-3H3,(H,9,10). The van der Waals surface area contributed by atoms with Crippen LogP contribution in [0.15, 0.2) is 0 Å². The summed E-state index contributed by atoms with van der Waals surface area (Å²) in [5.41, 5.74) is 0. The van der Waals surface area contributed by atoms with E-state index in [0.29, 0.717) is 0 Å². The highest BCUT2D eigenvalue weighted by molar-refractivity contribution is 5.62. The molecule has 0 aliphatic rings. The molecule has 8 nitrogen and oxygen atoms in total. The van der Waals surface area contributed by atoms with Crippen LogP contribution in [0, 0.1) is 0 Å². The fourth-order valence-corrected chi connectivity index (χ4v) is 0.863. The summed E-state index contributed by atoms with van der Waals surface area (Å²) in [6, 6.07) is 0. The van der Waals surface area contributed by atoms with Crippen LogP contribution in [0.4, 0.5) is 9.59 Å². The van der Waals surface area contributed by atoms with Crippen LogP contribution in [0.1, 0.15) is 20.8 Å². The highest BCUT2D eigenvalue weighted by Crippen LogP contribution is 2.15. The molecule has 0 heterocycles. The highest BCUT2D eigenvalue weighted by Gasteiger charge is 2.32. The quantitative estimate of drug-likeness (QED) is 0.333. The van der Waals surface area contributed by atoms with Gasteiger partial charge in [0.15, 0.2) is 0 Å². The summed E-state index contributed by atoms with van der Waals surface area (Å²) < 4.78 is 14.6. The van der Waals surface area contributed by atoms with E-state index in [1.165, 1.54) is 6.92 Å². The first-order chi connectivity index (χ1) is 7.43. The van der Waals surface area contributed by atoms with Crippen LogP contribution in [0.5, 0.6) is 0 Å². The Morgan fingerprint density at radius 1 is 1.12 bits per heavy atom. The lowest BCUT2D eigenvalue weighted by Crippen LogP contribution is -2.38. The van der Waals surface area contributed by atoms with Crippen LogP contribution in [0.3, 0.4) is 0 Å². The highest BCUT2D eigenvalue weighted by atomic mass is 17.3. The summed E-state index contributed by atoms with van der Waals surface area (Å²) in [6.07, 6.45) is -3.15. The van der Waals surface area contributed by atoms with Gasteiger partial charge in [0.2, 0.25) is 0 Å². The first kappa shape index (κ1) is 14.5. The topological polar surface area (TPSA) is 101 Å². The number of carbonyl (C=O) groups excluding carboxylic acids is 1. The molecule has 0 aromatic carbocycles. The summed E-state index contributed by atoms with van der Waals surface area (Å²) in [6.45, 7) is 5.12. The Balaban J connectivity index is 4.17. The van der Waals surface area contributed by atoms with Crippen LogP contribution >= 0.6 is 0 Å². The van der Waals surface area contributed by atoms with E-state index >= 15 is 0 Å². The Morgan fingerprint density at radius 3 is 2.00 bits per heavy atom. The third kappa shape index (κ3) is 6.04. The predicted molar refractivity (Wildman–Crippen MR) is 48.3 cm³/mol. The van der Waals surface area contributed by atoms with Crippen molar-refractivity contribution in [2.24, 2.45) is 0 Å². The van der Waals surface area contributed by atoms with Crippen molar-refractivity contribution in [3.8, 4) is 0 Å². The number of rotatable bonds is 5. The number of hydrogen-bond donors (Lipinski definition) is 1. The van der Waals surface area contributed by atoms with Gasteiger partial charge in [-0.2, -0.15) is 9.68 Å². The maximum atomic E-state index is 10.9. The smallest absolute Gasteiger partial charge is 0.447 e. The maximum Gasteiger partial charge on any atom is 0.554 e. The van der Waals surface area contributed by atoms with Gasteiger partial charge in [-0.05, 0) is 13.8 Å². The predicted octanol–water partition coefficient (Wildman–Crippen LogP) is 1.50. The van der Waals surface area contributed by atoms with Crippen LogP contribution < -0.4 is 0 Å². The van der Waals surface area contributed by atoms with Crippen molar-refractivity contribution >= 4 is 12.3 Å². The average molecular weight is 238 g/mol. The molecule has 16 heavy (non-hydrogen) atoms. The Hall–Kier alpha value is -1.54. The molecule has 0 spiro atoms. The zero-order chi connectivity index (χ0) is 12.6. The molecule has 0 aliphatic heterocycles. The lowest BCUT2D eigenvalue weighted by molar-refractivity contribution is -0.359. The molecule has 0 saturated carbocycles. The van der Waals surface area contributed by atoms with E-state index in [0.717, 1.165) is 0 Å². The number of carboxylic acid groups (broad SMARTS) is 1. The first-order valence-corrected chi connectivity index (χ1v) is 4.51.